The third-order valence-electron chi connectivity index (χ3n) is 3.65. The Labute approximate surface area is 136 Å². The van der Waals surface area contributed by atoms with Gasteiger partial charge in [0.1, 0.15) is 0 Å². The lowest BCUT2D eigenvalue weighted by Crippen LogP contribution is -2.48. The smallest absolute Gasteiger partial charge is 0.409 e. The number of hydrogen-bond donors (Lipinski definition) is 2. The van der Waals surface area contributed by atoms with E-state index in [1.165, 1.54) is 0 Å². The van der Waals surface area contributed by atoms with E-state index in [2.05, 4.69) is 10.6 Å². The Bertz CT molecular complexity index is 537. The number of nitrogens with zero attached hydrogens (tertiary/aromatic N) is 1. The van der Waals surface area contributed by atoms with Gasteiger partial charge in [-0.2, -0.15) is 0 Å². The average Bonchev–Trinajstić information content (AvgIpc) is 2.57. The molecule has 0 spiro atoms. The number of piperidine rings is 1. The second kappa shape index (κ2) is 8.82. The van der Waals surface area contributed by atoms with Crippen LogP contribution in [-0.4, -0.2) is 42.8 Å². The summed E-state index contributed by atoms with van der Waals surface area (Å²) in [5.41, 5.74) is 1.02. The average molecular weight is 317 g/mol. The van der Waals surface area contributed by atoms with Crippen molar-refractivity contribution < 1.29 is 14.3 Å². The number of ether oxygens (including phenoxy) is 1. The van der Waals surface area contributed by atoms with E-state index in [1.807, 2.05) is 36.4 Å². The number of rotatable bonds is 4. The van der Waals surface area contributed by atoms with Gasteiger partial charge in [-0.25, -0.2) is 9.59 Å². The molecule has 0 unspecified atom stereocenters. The molecule has 1 aromatic carbocycles. The van der Waals surface area contributed by atoms with Crippen molar-refractivity contribution in [2.45, 2.75) is 25.8 Å². The Morgan fingerprint density at radius 3 is 2.61 bits per heavy atom. The standard InChI is InChI=1S/C17H23N3O3/c1-2-23-17(22)20-12-9-15(10-13-20)19-16(21)18-11-8-14-6-4-3-5-7-14/h3-8,11,15H,2,9-10,12-13H2,1H3,(H2,18,19,21)/b11-8+. The normalized spacial score (nSPS) is 15.4. The van der Waals surface area contributed by atoms with E-state index < -0.39 is 0 Å². The SMILES string of the molecule is CCOC(=O)N1CCC(NC(=O)N/C=C/c2ccccc2)CC1. The fourth-order valence-electron chi connectivity index (χ4n) is 2.43. The molecule has 2 N–H and O–H groups in total. The first-order valence-corrected chi connectivity index (χ1v) is 7.89. The number of carbonyl (C=O) groups is 2. The molecular formula is C17H23N3O3. The molecule has 0 bridgehead atoms. The zero-order valence-electron chi connectivity index (χ0n) is 13.3. The van der Waals surface area contributed by atoms with Gasteiger partial charge in [-0.1, -0.05) is 30.3 Å². The number of urea groups is 1. The highest BCUT2D eigenvalue weighted by Crippen LogP contribution is 2.11. The van der Waals surface area contributed by atoms with Gasteiger partial charge in [0.2, 0.25) is 0 Å². The van der Waals surface area contributed by atoms with Crippen LogP contribution in [0.2, 0.25) is 0 Å². The molecule has 0 saturated carbocycles. The fourth-order valence-corrected chi connectivity index (χ4v) is 2.43. The van der Waals surface area contributed by atoms with Gasteiger partial charge < -0.3 is 20.3 Å². The molecule has 1 saturated heterocycles. The predicted molar refractivity (Wildman–Crippen MR) is 88.8 cm³/mol. The first-order valence-electron chi connectivity index (χ1n) is 7.89. The monoisotopic (exact) mass is 317 g/mol. The number of likely N-dealkylation sites (tertiary alicyclic amines) is 1. The van der Waals surface area contributed by atoms with E-state index in [0.717, 1.165) is 18.4 Å². The number of nitrogens with one attached hydrogen (secondary N) is 2. The summed E-state index contributed by atoms with van der Waals surface area (Å²) in [4.78, 5) is 25.1. The molecule has 6 nitrogen and oxygen atoms in total. The van der Waals surface area contributed by atoms with E-state index >= 15 is 0 Å². The topological polar surface area (TPSA) is 70.7 Å². The van der Waals surface area contributed by atoms with Gasteiger partial charge in [0.15, 0.2) is 0 Å². The second-order valence-electron chi connectivity index (χ2n) is 5.32. The van der Waals surface area contributed by atoms with Crippen molar-refractivity contribution in [3.05, 3.63) is 42.1 Å². The predicted octanol–water partition coefficient (Wildman–Crippen LogP) is 2.58. The van der Waals surface area contributed by atoms with Gasteiger partial charge in [-0.05, 0) is 31.4 Å². The summed E-state index contributed by atoms with van der Waals surface area (Å²) in [6, 6.07) is 9.59. The van der Waals surface area contributed by atoms with Crippen LogP contribution < -0.4 is 10.6 Å². The maximum atomic E-state index is 11.8. The first kappa shape index (κ1) is 16.9. The van der Waals surface area contributed by atoms with Crippen LogP contribution in [-0.2, 0) is 4.74 Å². The molecule has 0 aliphatic carbocycles. The zero-order valence-corrected chi connectivity index (χ0v) is 13.3. The Morgan fingerprint density at radius 2 is 1.96 bits per heavy atom. The molecule has 2 rings (SSSR count). The lowest BCUT2D eigenvalue weighted by Gasteiger charge is -2.31. The summed E-state index contributed by atoms with van der Waals surface area (Å²) in [5, 5.41) is 5.61. The summed E-state index contributed by atoms with van der Waals surface area (Å²) in [7, 11) is 0. The van der Waals surface area contributed by atoms with Crippen molar-refractivity contribution in [1.29, 1.82) is 0 Å². The summed E-state index contributed by atoms with van der Waals surface area (Å²) < 4.78 is 4.97. The third-order valence-corrected chi connectivity index (χ3v) is 3.65. The van der Waals surface area contributed by atoms with Crippen LogP contribution in [0.25, 0.3) is 6.08 Å². The molecule has 0 atom stereocenters. The molecular weight excluding hydrogens is 294 g/mol. The molecule has 1 aromatic rings. The van der Waals surface area contributed by atoms with Gasteiger partial charge in [-0.15, -0.1) is 0 Å². The van der Waals surface area contributed by atoms with Crippen molar-refractivity contribution in [2.24, 2.45) is 0 Å². The van der Waals surface area contributed by atoms with Crippen LogP contribution in [0.3, 0.4) is 0 Å². The Kier molecular flexibility index (Phi) is 6.47. The van der Waals surface area contributed by atoms with Crippen molar-refractivity contribution >= 4 is 18.2 Å². The minimum Gasteiger partial charge on any atom is -0.450 e. The highest BCUT2D eigenvalue weighted by molar-refractivity contribution is 5.76. The molecule has 3 amide bonds. The summed E-state index contributed by atoms with van der Waals surface area (Å²) in [6.45, 7) is 3.37. The molecule has 23 heavy (non-hydrogen) atoms. The fraction of sp³-hybridized carbons (Fsp3) is 0.412. The Hall–Kier alpha value is -2.50. The number of carbonyl (C=O) groups excluding carboxylic acids is 2. The van der Waals surface area contributed by atoms with Crippen LogP contribution in [0, 0.1) is 0 Å². The van der Waals surface area contributed by atoms with Crippen molar-refractivity contribution in [3.8, 4) is 0 Å². The van der Waals surface area contributed by atoms with E-state index in [9.17, 15) is 9.59 Å². The van der Waals surface area contributed by atoms with Crippen LogP contribution >= 0.6 is 0 Å². The van der Waals surface area contributed by atoms with E-state index in [4.69, 9.17) is 4.74 Å². The minimum atomic E-state index is -0.277. The van der Waals surface area contributed by atoms with E-state index in [0.29, 0.717) is 19.7 Å². The quantitative estimate of drug-likeness (QED) is 0.896. The minimum absolute atomic E-state index is 0.0748. The second-order valence-corrected chi connectivity index (χ2v) is 5.32. The molecule has 6 heteroatoms. The molecule has 1 heterocycles. The van der Waals surface area contributed by atoms with E-state index in [-0.39, 0.29) is 18.2 Å². The largest absolute Gasteiger partial charge is 0.450 e. The van der Waals surface area contributed by atoms with Gasteiger partial charge in [0.05, 0.1) is 6.61 Å². The summed E-state index contributed by atoms with van der Waals surface area (Å²) >= 11 is 0. The summed E-state index contributed by atoms with van der Waals surface area (Å²) in [6.07, 6.45) is 4.64. The molecule has 124 valence electrons. The Balaban J connectivity index is 1.69. The van der Waals surface area contributed by atoms with E-state index in [1.54, 1.807) is 18.0 Å². The molecule has 0 aromatic heterocycles. The van der Waals surface area contributed by atoms with Crippen LogP contribution in [0.5, 0.6) is 0 Å². The van der Waals surface area contributed by atoms with Crippen molar-refractivity contribution in [3.63, 3.8) is 0 Å². The highest BCUT2D eigenvalue weighted by atomic mass is 16.6. The first-order chi connectivity index (χ1) is 11.2. The molecule has 1 fully saturated rings. The van der Waals surface area contributed by atoms with Gasteiger partial charge in [0, 0.05) is 25.3 Å². The van der Waals surface area contributed by atoms with Gasteiger partial charge >= 0.3 is 12.1 Å². The number of benzene rings is 1. The number of amides is 3. The molecule has 1 aliphatic heterocycles. The molecule has 0 radical (unpaired) electrons. The maximum absolute atomic E-state index is 11.8. The van der Waals surface area contributed by atoms with Crippen LogP contribution in [0.1, 0.15) is 25.3 Å². The zero-order chi connectivity index (χ0) is 16.5. The molecule has 1 aliphatic rings. The van der Waals surface area contributed by atoms with Crippen molar-refractivity contribution in [2.75, 3.05) is 19.7 Å². The highest BCUT2D eigenvalue weighted by Gasteiger charge is 2.24. The van der Waals surface area contributed by atoms with Crippen LogP contribution in [0.4, 0.5) is 9.59 Å². The van der Waals surface area contributed by atoms with Crippen LogP contribution in [0.15, 0.2) is 36.5 Å². The Morgan fingerprint density at radius 1 is 1.26 bits per heavy atom. The lowest BCUT2D eigenvalue weighted by atomic mass is 10.1. The maximum Gasteiger partial charge on any atom is 0.409 e. The van der Waals surface area contributed by atoms with Gasteiger partial charge in [0.25, 0.3) is 0 Å². The summed E-state index contributed by atoms with van der Waals surface area (Å²) in [5.74, 6) is 0. The lowest BCUT2D eigenvalue weighted by molar-refractivity contribution is 0.0958. The van der Waals surface area contributed by atoms with Crippen molar-refractivity contribution in [1.82, 2.24) is 15.5 Å². The number of hydrogen-bond acceptors (Lipinski definition) is 3. The van der Waals surface area contributed by atoms with Gasteiger partial charge in [-0.3, -0.25) is 0 Å². The third kappa shape index (κ3) is 5.65.